The van der Waals surface area contributed by atoms with Gasteiger partial charge in [-0.25, -0.2) is 4.98 Å². The minimum atomic E-state index is -0.209. The molecule has 0 saturated heterocycles. The number of ether oxygens (including phenoxy) is 1. The Labute approximate surface area is 167 Å². The van der Waals surface area contributed by atoms with Crippen LogP contribution in [-0.2, 0) is 17.8 Å². The van der Waals surface area contributed by atoms with E-state index < -0.39 is 0 Å². The molecule has 7 nitrogen and oxygen atoms in total. The van der Waals surface area contributed by atoms with Crippen molar-refractivity contribution in [1.82, 2.24) is 14.6 Å². The van der Waals surface area contributed by atoms with E-state index in [2.05, 4.69) is 15.4 Å². The number of nitrogens with one attached hydrogen (secondary N) is 1. The number of rotatable bonds is 8. The second kappa shape index (κ2) is 8.97. The summed E-state index contributed by atoms with van der Waals surface area (Å²) in [5.74, 6) is 0.699. The van der Waals surface area contributed by atoms with Gasteiger partial charge in [-0.2, -0.15) is 9.61 Å². The van der Waals surface area contributed by atoms with E-state index in [0.29, 0.717) is 16.4 Å². The van der Waals surface area contributed by atoms with Gasteiger partial charge in [-0.3, -0.25) is 9.59 Å². The molecule has 2 aromatic heterocycles. The maximum atomic E-state index is 12.2. The van der Waals surface area contributed by atoms with Crippen LogP contribution in [0.2, 0.25) is 0 Å². The number of carbonyl (C=O) groups is 1. The fourth-order valence-corrected chi connectivity index (χ4v) is 3.67. The third-order valence-electron chi connectivity index (χ3n) is 4.51. The summed E-state index contributed by atoms with van der Waals surface area (Å²) in [6.07, 6.45) is 2.40. The van der Waals surface area contributed by atoms with Gasteiger partial charge < -0.3 is 10.1 Å². The summed E-state index contributed by atoms with van der Waals surface area (Å²) in [5, 5.41) is 8.03. The van der Waals surface area contributed by atoms with Gasteiger partial charge in [-0.05, 0) is 43.5 Å². The van der Waals surface area contributed by atoms with Gasteiger partial charge in [0.15, 0.2) is 0 Å². The van der Waals surface area contributed by atoms with Gasteiger partial charge in [0.1, 0.15) is 17.4 Å². The van der Waals surface area contributed by atoms with Crippen LogP contribution in [0.3, 0.4) is 0 Å². The monoisotopic (exact) mass is 400 g/mol. The predicted molar refractivity (Wildman–Crippen MR) is 110 cm³/mol. The summed E-state index contributed by atoms with van der Waals surface area (Å²) in [5.41, 5.74) is 1.08. The van der Waals surface area contributed by atoms with E-state index >= 15 is 0 Å². The summed E-state index contributed by atoms with van der Waals surface area (Å²) in [6.45, 7) is 6.20. The van der Waals surface area contributed by atoms with E-state index in [1.54, 1.807) is 24.3 Å². The Hall–Kier alpha value is -2.74. The summed E-state index contributed by atoms with van der Waals surface area (Å²) in [4.78, 5) is 29.3. The van der Waals surface area contributed by atoms with E-state index in [1.165, 1.54) is 21.9 Å². The number of fused-ring (bicyclic) bond motifs is 1. The molecule has 0 fully saturated rings. The quantitative estimate of drug-likeness (QED) is 0.624. The summed E-state index contributed by atoms with van der Waals surface area (Å²) in [7, 11) is 0. The minimum Gasteiger partial charge on any atom is -0.487 e. The molecule has 1 aromatic carbocycles. The molecule has 28 heavy (non-hydrogen) atoms. The molecule has 0 bridgehead atoms. The molecule has 0 aliphatic heterocycles. The average Bonchev–Trinajstić information content (AvgIpc) is 3.12. The van der Waals surface area contributed by atoms with Gasteiger partial charge in [0, 0.05) is 17.7 Å². The zero-order valence-electron chi connectivity index (χ0n) is 16.3. The highest BCUT2D eigenvalue weighted by molar-refractivity contribution is 7.16. The molecular weight excluding hydrogens is 376 g/mol. The van der Waals surface area contributed by atoms with Crippen molar-refractivity contribution in [2.45, 2.75) is 46.6 Å². The molecule has 1 amide bonds. The lowest BCUT2D eigenvalue weighted by molar-refractivity contribution is -0.120. The summed E-state index contributed by atoms with van der Waals surface area (Å²) in [6, 6.07) is 8.62. The van der Waals surface area contributed by atoms with Crippen LogP contribution in [0.5, 0.6) is 5.75 Å². The topological polar surface area (TPSA) is 85.6 Å². The Morgan fingerprint density at radius 2 is 1.93 bits per heavy atom. The first-order chi connectivity index (χ1) is 13.5. The lowest BCUT2D eigenvalue weighted by Crippen LogP contribution is -2.21. The first kappa shape index (κ1) is 20.0. The van der Waals surface area contributed by atoms with Crippen molar-refractivity contribution in [3.63, 3.8) is 0 Å². The molecule has 148 valence electrons. The lowest BCUT2D eigenvalue weighted by Gasteiger charge is -2.13. The lowest BCUT2D eigenvalue weighted by atomic mass is 10.0. The summed E-state index contributed by atoms with van der Waals surface area (Å²) < 4.78 is 7.06. The average molecular weight is 401 g/mol. The Bertz CT molecular complexity index is 1010. The van der Waals surface area contributed by atoms with Gasteiger partial charge in [0.05, 0.1) is 5.69 Å². The van der Waals surface area contributed by atoms with Crippen LogP contribution < -0.4 is 15.6 Å². The van der Waals surface area contributed by atoms with Crippen LogP contribution >= 0.6 is 11.3 Å². The van der Waals surface area contributed by atoms with Crippen molar-refractivity contribution in [2.75, 3.05) is 5.32 Å². The predicted octanol–water partition coefficient (Wildman–Crippen LogP) is 3.67. The molecule has 0 unspecified atom stereocenters. The Balaban J connectivity index is 1.64. The van der Waals surface area contributed by atoms with Gasteiger partial charge in [0.2, 0.25) is 10.9 Å². The van der Waals surface area contributed by atoms with E-state index in [1.807, 2.05) is 20.8 Å². The third-order valence-corrected chi connectivity index (χ3v) is 5.56. The molecule has 3 aromatic rings. The van der Waals surface area contributed by atoms with Crippen LogP contribution in [-0.4, -0.2) is 20.5 Å². The number of amides is 1. The Morgan fingerprint density at radius 1 is 1.21 bits per heavy atom. The number of carbonyl (C=O) groups excluding carboxylic acids is 1. The number of benzene rings is 1. The molecule has 0 radical (unpaired) electrons. The molecule has 2 heterocycles. The van der Waals surface area contributed by atoms with Crippen LogP contribution in [0, 0.1) is 5.92 Å². The highest BCUT2D eigenvalue weighted by Gasteiger charge is 2.14. The molecule has 0 aliphatic carbocycles. The first-order valence-corrected chi connectivity index (χ1v) is 10.3. The zero-order valence-corrected chi connectivity index (χ0v) is 17.1. The Kier molecular flexibility index (Phi) is 6.41. The van der Waals surface area contributed by atoms with E-state index in [4.69, 9.17) is 4.74 Å². The van der Waals surface area contributed by atoms with Crippen molar-refractivity contribution in [3.8, 4) is 5.75 Å². The highest BCUT2D eigenvalue weighted by atomic mass is 32.1. The van der Waals surface area contributed by atoms with E-state index in [9.17, 15) is 9.59 Å². The third kappa shape index (κ3) is 4.56. The fraction of sp³-hybridized carbons (Fsp3) is 0.400. The fourth-order valence-electron chi connectivity index (χ4n) is 2.81. The van der Waals surface area contributed by atoms with Crippen LogP contribution in [0.1, 0.15) is 44.3 Å². The van der Waals surface area contributed by atoms with Gasteiger partial charge >= 0.3 is 0 Å². The van der Waals surface area contributed by atoms with Crippen LogP contribution in [0.4, 0.5) is 5.69 Å². The maximum Gasteiger partial charge on any atom is 0.275 e. The molecule has 8 heteroatoms. The van der Waals surface area contributed by atoms with Crippen LogP contribution in [0.25, 0.3) is 4.96 Å². The zero-order chi connectivity index (χ0) is 20.1. The number of aromatic nitrogens is 3. The van der Waals surface area contributed by atoms with Crippen molar-refractivity contribution in [2.24, 2.45) is 5.92 Å². The molecule has 0 atom stereocenters. The molecular formula is C20H24N4O3S. The summed E-state index contributed by atoms with van der Waals surface area (Å²) >= 11 is 1.41. The number of anilines is 1. The highest BCUT2D eigenvalue weighted by Crippen LogP contribution is 2.19. The largest absolute Gasteiger partial charge is 0.487 e. The molecule has 0 saturated carbocycles. The van der Waals surface area contributed by atoms with Crippen LogP contribution in [0.15, 0.2) is 35.1 Å². The number of hydrogen-bond acceptors (Lipinski definition) is 6. The van der Waals surface area contributed by atoms with E-state index in [-0.39, 0.29) is 24.0 Å². The van der Waals surface area contributed by atoms with Gasteiger partial charge in [-0.15, -0.1) is 0 Å². The number of nitrogens with zero attached hydrogens (tertiary/aromatic N) is 3. The molecule has 3 rings (SSSR count). The van der Waals surface area contributed by atoms with Gasteiger partial charge in [0.25, 0.3) is 5.56 Å². The molecule has 0 spiro atoms. The second-order valence-electron chi connectivity index (χ2n) is 6.45. The molecule has 1 N–H and O–H groups in total. The van der Waals surface area contributed by atoms with Crippen molar-refractivity contribution < 1.29 is 9.53 Å². The normalized spacial score (nSPS) is 11.1. The van der Waals surface area contributed by atoms with E-state index in [0.717, 1.165) is 30.0 Å². The van der Waals surface area contributed by atoms with Crippen molar-refractivity contribution in [1.29, 1.82) is 0 Å². The second-order valence-corrected chi connectivity index (χ2v) is 7.49. The standard InChI is InChI=1S/C20H24N4O3S/c1-4-13(5-2)19(26)21-14-7-9-16(10-8-14)27-12-15-11-18(25)24-20(22-15)28-17(6-3)23-24/h7-11,13H,4-6,12H2,1-3H3,(H,21,26). The Morgan fingerprint density at radius 3 is 2.57 bits per heavy atom. The smallest absolute Gasteiger partial charge is 0.275 e. The SMILES string of the molecule is CCc1nn2c(=O)cc(COc3ccc(NC(=O)C(CC)CC)cc3)nc2s1. The minimum absolute atomic E-state index is 0.0241. The molecule has 0 aliphatic rings. The first-order valence-electron chi connectivity index (χ1n) is 9.46. The van der Waals surface area contributed by atoms with Gasteiger partial charge in [-0.1, -0.05) is 32.1 Å². The number of hydrogen-bond donors (Lipinski definition) is 1. The maximum absolute atomic E-state index is 12.2. The van der Waals surface area contributed by atoms with Crippen molar-refractivity contribution in [3.05, 3.63) is 51.4 Å². The number of aryl methyl sites for hydroxylation is 1. The van der Waals surface area contributed by atoms with Crippen molar-refractivity contribution >= 4 is 27.9 Å².